The van der Waals surface area contributed by atoms with Crippen LogP contribution < -0.4 is 4.72 Å². The van der Waals surface area contributed by atoms with Crippen LogP contribution in [0.2, 0.25) is 0 Å². The first-order valence-corrected chi connectivity index (χ1v) is 8.22. The average molecular weight is 295 g/mol. The highest BCUT2D eigenvalue weighted by molar-refractivity contribution is 7.89. The fraction of sp³-hybridized carbons (Fsp3) is 0.500. The summed E-state index contributed by atoms with van der Waals surface area (Å²) in [6.45, 7) is 6.49. The van der Waals surface area contributed by atoms with E-state index in [9.17, 15) is 8.42 Å². The van der Waals surface area contributed by atoms with E-state index in [4.69, 9.17) is 0 Å². The van der Waals surface area contributed by atoms with E-state index in [1.54, 1.807) is 18.2 Å². The molecule has 0 radical (unpaired) electrons. The number of hydrogen-bond acceptors (Lipinski definition) is 3. The van der Waals surface area contributed by atoms with E-state index in [0.29, 0.717) is 18.0 Å². The molecule has 0 aliphatic carbocycles. The Labute approximate surface area is 120 Å². The Bertz CT molecular complexity index is 717. The van der Waals surface area contributed by atoms with Crippen LogP contribution in [-0.4, -0.2) is 24.5 Å². The summed E-state index contributed by atoms with van der Waals surface area (Å²) in [6.07, 6.45) is 0.824. The van der Waals surface area contributed by atoms with E-state index in [0.717, 1.165) is 17.8 Å². The topological polar surface area (TPSA) is 64.0 Å². The SMILES string of the molecule is Cc1nc2cc(S(=O)(=O)NCCC(C)C)ccc2n1C. The number of nitrogens with zero attached hydrogens (tertiary/aromatic N) is 2. The molecule has 1 aromatic heterocycles. The normalized spacial score (nSPS) is 12.4. The number of nitrogens with one attached hydrogen (secondary N) is 1. The van der Waals surface area contributed by atoms with Gasteiger partial charge in [0.2, 0.25) is 10.0 Å². The molecule has 2 aromatic rings. The second kappa shape index (κ2) is 5.54. The van der Waals surface area contributed by atoms with E-state index < -0.39 is 10.0 Å². The lowest BCUT2D eigenvalue weighted by Crippen LogP contribution is -2.25. The van der Waals surface area contributed by atoms with Gasteiger partial charge in [-0.3, -0.25) is 0 Å². The maximum absolute atomic E-state index is 12.2. The van der Waals surface area contributed by atoms with Gasteiger partial charge in [0, 0.05) is 13.6 Å². The third kappa shape index (κ3) is 3.02. The molecule has 5 nitrogen and oxygen atoms in total. The van der Waals surface area contributed by atoms with Crippen LogP contribution in [0, 0.1) is 12.8 Å². The third-order valence-electron chi connectivity index (χ3n) is 3.40. The van der Waals surface area contributed by atoms with E-state index in [1.807, 2.05) is 18.5 Å². The number of rotatable bonds is 5. The summed E-state index contributed by atoms with van der Waals surface area (Å²) in [6, 6.07) is 5.05. The number of imidazole rings is 1. The van der Waals surface area contributed by atoms with Crippen molar-refractivity contribution >= 4 is 21.1 Å². The number of aryl methyl sites for hydroxylation is 2. The maximum atomic E-state index is 12.2. The molecule has 110 valence electrons. The summed E-state index contributed by atoms with van der Waals surface area (Å²) >= 11 is 0. The lowest BCUT2D eigenvalue weighted by atomic mass is 10.1. The smallest absolute Gasteiger partial charge is 0.240 e. The minimum Gasteiger partial charge on any atom is -0.331 e. The first-order chi connectivity index (χ1) is 9.31. The molecule has 20 heavy (non-hydrogen) atoms. The highest BCUT2D eigenvalue weighted by Gasteiger charge is 2.15. The van der Waals surface area contributed by atoms with E-state index in [2.05, 4.69) is 23.6 Å². The van der Waals surface area contributed by atoms with E-state index in [-0.39, 0.29) is 4.90 Å². The second-order valence-electron chi connectivity index (χ2n) is 5.45. The molecule has 0 unspecified atom stereocenters. The van der Waals surface area contributed by atoms with Crippen molar-refractivity contribution in [3.05, 3.63) is 24.0 Å². The van der Waals surface area contributed by atoms with Crippen LogP contribution in [0.4, 0.5) is 0 Å². The molecule has 6 heteroatoms. The van der Waals surface area contributed by atoms with Gasteiger partial charge in [-0.15, -0.1) is 0 Å². The van der Waals surface area contributed by atoms with Gasteiger partial charge >= 0.3 is 0 Å². The number of hydrogen-bond donors (Lipinski definition) is 1. The molecular weight excluding hydrogens is 274 g/mol. The van der Waals surface area contributed by atoms with Gasteiger partial charge in [-0.1, -0.05) is 13.8 Å². The molecule has 0 aliphatic rings. The van der Waals surface area contributed by atoms with Crippen molar-refractivity contribution in [1.82, 2.24) is 14.3 Å². The summed E-state index contributed by atoms with van der Waals surface area (Å²) in [5.74, 6) is 1.33. The summed E-state index contributed by atoms with van der Waals surface area (Å²) in [4.78, 5) is 4.64. The Kier molecular flexibility index (Phi) is 4.15. The van der Waals surface area contributed by atoms with Crippen LogP contribution in [0.15, 0.2) is 23.1 Å². The fourth-order valence-electron chi connectivity index (χ4n) is 2.03. The summed E-state index contributed by atoms with van der Waals surface area (Å²) in [7, 11) is -1.53. The van der Waals surface area contributed by atoms with Gasteiger partial charge in [-0.25, -0.2) is 18.1 Å². The van der Waals surface area contributed by atoms with Crippen LogP contribution >= 0.6 is 0 Å². The fourth-order valence-corrected chi connectivity index (χ4v) is 3.10. The van der Waals surface area contributed by atoms with Crippen LogP contribution in [0.3, 0.4) is 0 Å². The molecule has 0 atom stereocenters. The molecule has 2 rings (SSSR count). The number of sulfonamides is 1. The number of benzene rings is 1. The summed E-state index contributed by atoms with van der Waals surface area (Å²) in [5.41, 5.74) is 1.64. The Morgan fingerprint density at radius 1 is 1.35 bits per heavy atom. The molecular formula is C14H21N3O2S. The second-order valence-corrected chi connectivity index (χ2v) is 7.22. The van der Waals surface area contributed by atoms with Gasteiger partial charge in [0.05, 0.1) is 15.9 Å². The zero-order valence-electron chi connectivity index (χ0n) is 12.3. The van der Waals surface area contributed by atoms with Gasteiger partial charge in [0.25, 0.3) is 0 Å². The van der Waals surface area contributed by atoms with Crippen molar-refractivity contribution in [3.63, 3.8) is 0 Å². The minimum absolute atomic E-state index is 0.270. The van der Waals surface area contributed by atoms with Crippen molar-refractivity contribution in [2.24, 2.45) is 13.0 Å². The molecule has 1 heterocycles. The van der Waals surface area contributed by atoms with E-state index in [1.165, 1.54) is 0 Å². The molecule has 1 aromatic carbocycles. The molecule has 0 spiro atoms. The van der Waals surface area contributed by atoms with Crippen LogP contribution in [-0.2, 0) is 17.1 Å². The summed E-state index contributed by atoms with van der Waals surface area (Å²) < 4.78 is 29.0. The van der Waals surface area contributed by atoms with Gasteiger partial charge in [-0.05, 0) is 37.5 Å². The number of aromatic nitrogens is 2. The van der Waals surface area contributed by atoms with Gasteiger partial charge in [0.15, 0.2) is 0 Å². The van der Waals surface area contributed by atoms with Gasteiger partial charge in [-0.2, -0.15) is 0 Å². The monoisotopic (exact) mass is 295 g/mol. The molecule has 0 amide bonds. The third-order valence-corrected chi connectivity index (χ3v) is 4.86. The quantitative estimate of drug-likeness (QED) is 0.919. The standard InChI is InChI=1S/C14H21N3O2S/c1-10(2)7-8-15-20(18,19)12-5-6-14-13(9-12)16-11(3)17(14)4/h5-6,9-10,15H,7-8H2,1-4H3. The van der Waals surface area contributed by atoms with E-state index >= 15 is 0 Å². The van der Waals surface area contributed by atoms with Crippen molar-refractivity contribution < 1.29 is 8.42 Å². The van der Waals surface area contributed by atoms with Gasteiger partial charge in [0.1, 0.15) is 5.82 Å². The van der Waals surface area contributed by atoms with Crippen molar-refractivity contribution in [2.75, 3.05) is 6.54 Å². The Balaban J connectivity index is 2.28. The Morgan fingerprint density at radius 3 is 2.70 bits per heavy atom. The first kappa shape index (κ1) is 15.0. The molecule has 0 saturated heterocycles. The molecule has 0 fully saturated rings. The molecule has 0 bridgehead atoms. The zero-order chi connectivity index (χ0) is 14.9. The predicted molar refractivity (Wildman–Crippen MR) is 80.1 cm³/mol. The Morgan fingerprint density at radius 2 is 2.05 bits per heavy atom. The highest BCUT2D eigenvalue weighted by Crippen LogP contribution is 2.19. The van der Waals surface area contributed by atoms with Crippen LogP contribution in [0.5, 0.6) is 0 Å². The van der Waals surface area contributed by atoms with Crippen molar-refractivity contribution in [3.8, 4) is 0 Å². The molecule has 0 aliphatic heterocycles. The maximum Gasteiger partial charge on any atom is 0.240 e. The first-order valence-electron chi connectivity index (χ1n) is 6.74. The van der Waals surface area contributed by atoms with Gasteiger partial charge < -0.3 is 4.57 Å². The van der Waals surface area contributed by atoms with Crippen molar-refractivity contribution in [2.45, 2.75) is 32.1 Å². The lowest BCUT2D eigenvalue weighted by Gasteiger charge is -2.08. The van der Waals surface area contributed by atoms with Crippen LogP contribution in [0.1, 0.15) is 26.1 Å². The highest BCUT2D eigenvalue weighted by atomic mass is 32.2. The average Bonchev–Trinajstić information content (AvgIpc) is 2.64. The van der Waals surface area contributed by atoms with Crippen molar-refractivity contribution in [1.29, 1.82) is 0 Å². The number of fused-ring (bicyclic) bond motifs is 1. The molecule has 1 N–H and O–H groups in total. The zero-order valence-corrected chi connectivity index (χ0v) is 13.2. The van der Waals surface area contributed by atoms with Crippen LogP contribution in [0.25, 0.3) is 11.0 Å². The molecule has 0 saturated carbocycles. The Hall–Kier alpha value is -1.40. The predicted octanol–water partition coefficient (Wildman–Crippen LogP) is 2.21. The minimum atomic E-state index is -3.45. The lowest BCUT2D eigenvalue weighted by molar-refractivity contribution is 0.551. The summed E-state index contributed by atoms with van der Waals surface area (Å²) in [5, 5.41) is 0. The largest absolute Gasteiger partial charge is 0.331 e.